The van der Waals surface area contributed by atoms with Crippen molar-refractivity contribution in [2.45, 2.75) is 20.8 Å². The Labute approximate surface area is 77.2 Å². The van der Waals surface area contributed by atoms with E-state index in [1.165, 1.54) is 0 Å². The fraction of sp³-hybridized carbons (Fsp3) is 0.333. The van der Waals surface area contributed by atoms with Crippen molar-refractivity contribution in [3.05, 3.63) is 18.0 Å². The van der Waals surface area contributed by atoms with Crippen LogP contribution in [0.25, 0.3) is 11.0 Å². The lowest BCUT2D eigenvalue weighted by molar-refractivity contribution is 1.23. The number of nitrogens with zero attached hydrogens (tertiary/aromatic N) is 2. The predicted octanol–water partition coefficient (Wildman–Crippen LogP) is 1.87. The first-order valence-electron chi connectivity index (χ1n) is 4.33. The maximum atomic E-state index is 5.40. The Morgan fingerprint density at radius 3 is 2.77 bits per heavy atom. The highest BCUT2D eigenvalue weighted by atomic mass is 15.0. The monoisotopic (exact) mass is 178 g/mol. The molecule has 0 aromatic carbocycles. The number of nitrogens with two attached hydrogens (primary N) is 1. The first-order chi connectivity index (χ1) is 6.25. The molecule has 0 saturated heterocycles. The highest BCUT2D eigenvalue weighted by Gasteiger charge is 1.98. The summed E-state index contributed by atoms with van der Waals surface area (Å²) < 4.78 is 0. The van der Waals surface area contributed by atoms with Crippen molar-refractivity contribution in [2.24, 2.45) is 0 Å². The van der Waals surface area contributed by atoms with Gasteiger partial charge in [0.2, 0.25) is 5.95 Å². The number of nitrogens with one attached hydrogen (secondary N) is 1. The number of hydrogen-bond donors (Lipinski definition) is 2. The van der Waals surface area contributed by atoms with E-state index in [4.69, 9.17) is 5.73 Å². The van der Waals surface area contributed by atoms with Crippen LogP contribution in [0.4, 0.5) is 5.95 Å². The minimum Gasteiger partial charge on any atom is -0.368 e. The molecule has 0 atom stereocenters. The average Bonchev–Trinajstić information content (AvgIpc) is 2.48. The van der Waals surface area contributed by atoms with Gasteiger partial charge in [-0.25, -0.2) is 9.97 Å². The molecular weight excluding hydrogens is 164 g/mol. The van der Waals surface area contributed by atoms with E-state index in [-0.39, 0.29) is 0 Å². The third-order valence-electron chi connectivity index (χ3n) is 1.52. The van der Waals surface area contributed by atoms with Gasteiger partial charge in [0.15, 0.2) is 0 Å². The van der Waals surface area contributed by atoms with Crippen LogP contribution in [-0.2, 0) is 0 Å². The molecular formula is C9H14N4. The topological polar surface area (TPSA) is 67.6 Å². The highest BCUT2D eigenvalue weighted by molar-refractivity contribution is 5.75. The van der Waals surface area contributed by atoms with Gasteiger partial charge in [0.25, 0.3) is 0 Å². The van der Waals surface area contributed by atoms with E-state index in [1.54, 1.807) is 6.20 Å². The van der Waals surface area contributed by atoms with Crippen LogP contribution in [0.1, 0.15) is 19.5 Å². The van der Waals surface area contributed by atoms with E-state index >= 15 is 0 Å². The van der Waals surface area contributed by atoms with Crippen molar-refractivity contribution in [2.75, 3.05) is 5.73 Å². The molecule has 0 spiro atoms. The number of H-pyrrole nitrogens is 1. The number of aromatic nitrogens is 3. The normalized spacial score (nSPS) is 9.46. The molecule has 0 radical (unpaired) electrons. The van der Waals surface area contributed by atoms with E-state index < -0.39 is 0 Å². The van der Waals surface area contributed by atoms with Gasteiger partial charge in [-0.05, 0) is 13.0 Å². The van der Waals surface area contributed by atoms with E-state index in [0.29, 0.717) is 5.95 Å². The maximum absolute atomic E-state index is 5.40. The molecule has 2 aromatic rings. The lowest BCUT2D eigenvalue weighted by Crippen LogP contribution is -1.92. The Morgan fingerprint density at radius 2 is 2.08 bits per heavy atom. The number of nitrogen functional groups attached to an aromatic ring is 1. The van der Waals surface area contributed by atoms with Gasteiger partial charge in [0.1, 0.15) is 0 Å². The molecule has 0 aliphatic rings. The SMILES string of the molecule is CC.Cc1cc2nc(N)ncc2[nH]1. The van der Waals surface area contributed by atoms with Crippen LogP contribution in [0, 0.1) is 6.92 Å². The molecule has 3 N–H and O–H groups in total. The standard InChI is InChI=1S/C7H8N4.C2H6/c1-4-2-5-6(10-4)3-9-7(8)11-5;1-2/h2-3,10H,1H3,(H2,8,9,11);1-2H3. The zero-order valence-electron chi connectivity index (χ0n) is 8.13. The predicted molar refractivity (Wildman–Crippen MR) is 54.4 cm³/mol. The Hall–Kier alpha value is -1.58. The van der Waals surface area contributed by atoms with Crippen LogP contribution in [0.15, 0.2) is 12.3 Å². The molecule has 4 heteroatoms. The number of rotatable bonds is 0. The first-order valence-corrected chi connectivity index (χ1v) is 4.33. The first kappa shape index (κ1) is 9.51. The third-order valence-corrected chi connectivity index (χ3v) is 1.52. The molecule has 0 fully saturated rings. The van der Waals surface area contributed by atoms with Crippen molar-refractivity contribution in [3.63, 3.8) is 0 Å². The van der Waals surface area contributed by atoms with Crippen LogP contribution in [0.3, 0.4) is 0 Å². The summed E-state index contributed by atoms with van der Waals surface area (Å²) in [7, 11) is 0. The molecule has 0 aliphatic carbocycles. The maximum Gasteiger partial charge on any atom is 0.220 e. The molecule has 2 rings (SSSR count). The molecule has 0 amide bonds. The fourth-order valence-corrected chi connectivity index (χ4v) is 1.07. The smallest absolute Gasteiger partial charge is 0.220 e. The lowest BCUT2D eigenvalue weighted by Gasteiger charge is -1.88. The Balaban J connectivity index is 0.000000396. The molecule has 4 nitrogen and oxygen atoms in total. The Kier molecular flexibility index (Phi) is 2.84. The van der Waals surface area contributed by atoms with Crippen LogP contribution < -0.4 is 5.73 Å². The van der Waals surface area contributed by atoms with E-state index in [9.17, 15) is 0 Å². The van der Waals surface area contributed by atoms with Gasteiger partial charge in [0, 0.05) is 5.69 Å². The molecule has 70 valence electrons. The summed E-state index contributed by atoms with van der Waals surface area (Å²) in [5.74, 6) is 0.316. The van der Waals surface area contributed by atoms with Gasteiger partial charge in [-0.15, -0.1) is 0 Å². The van der Waals surface area contributed by atoms with Crippen molar-refractivity contribution in [1.29, 1.82) is 0 Å². The Bertz CT molecular complexity index is 391. The fourth-order valence-electron chi connectivity index (χ4n) is 1.07. The number of anilines is 1. The summed E-state index contributed by atoms with van der Waals surface area (Å²) in [6.45, 7) is 5.97. The molecule has 0 saturated carbocycles. The van der Waals surface area contributed by atoms with Gasteiger partial charge < -0.3 is 10.7 Å². The van der Waals surface area contributed by atoms with E-state index in [1.807, 2.05) is 26.8 Å². The van der Waals surface area contributed by atoms with Crippen LogP contribution in [0.2, 0.25) is 0 Å². The van der Waals surface area contributed by atoms with Crippen LogP contribution in [-0.4, -0.2) is 15.0 Å². The molecule has 0 unspecified atom stereocenters. The van der Waals surface area contributed by atoms with E-state index in [0.717, 1.165) is 16.7 Å². The second kappa shape index (κ2) is 3.89. The Morgan fingerprint density at radius 1 is 1.38 bits per heavy atom. The number of aryl methyl sites for hydroxylation is 1. The zero-order chi connectivity index (χ0) is 9.84. The van der Waals surface area contributed by atoms with Crippen molar-refractivity contribution >= 4 is 17.0 Å². The van der Waals surface area contributed by atoms with Gasteiger partial charge in [-0.3, -0.25) is 0 Å². The summed E-state index contributed by atoms with van der Waals surface area (Å²) >= 11 is 0. The molecule has 13 heavy (non-hydrogen) atoms. The minimum atomic E-state index is 0.316. The molecule has 0 aliphatic heterocycles. The summed E-state index contributed by atoms with van der Waals surface area (Å²) in [5.41, 5.74) is 8.26. The van der Waals surface area contributed by atoms with Gasteiger partial charge >= 0.3 is 0 Å². The number of aromatic amines is 1. The van der Waals surface area contributed by atoms with Crippen molar-refractivity contribution in [3.8, 4) is 0 Å². The highest BCUT2D eigenvalue weighted by Crippen LogP contribution is 2.11. The van der Waals surface area contributed by atoms with Gasteiger partial charge in [-0.1, -0.05) is 13.8 Å². The zero-order valence-corrected chi connectivity index (χ0v) is 8.13. The van der Waals surface area contributed by atoms with Crippen LogP contribution >= 0.6 is 0 Å². The largest absolute Gasteiger partial charge is 0.368 e. The van der Waals surface area contributed by atoms with E-state index in [2.05, 4.69) is 15.0 Å². The molecule has 0 bridgehead atoms. The molecule has 2 aromatic heterocycles. The second-order valence-corrected chi connectivity index (χ2v) is 2.48. The summed E-state index contributed by atoms with van der Waals surface area (Å²) in [6, 6.07) is 1.94. The quantitative estimate of drug-likeness (QED) is 0.647. The van der Waals surface area contributed by atoms with Crippen LogP contribution in [0.5, 0.6) is 0 Å². The second-order valence-electron chi connectivity index (χ2n) is 2.48. The minimum absolute atomic E-state index is 0.316. The summed E-state index contributed by atoms with van der Waals surface area (Å²) in [6.07, 6.45) is 1.69. The summed E-state index contributed by atoms with van der Waals surface area (Å²) in [5, 5.41) is 0. The van der Waals surface area contributed by atoms with Gasteiger partial charge in [-0.2, -0.15) is 0 Å². The lowest BCUT2D eigenvalue weighted by atomic mass is 10.4. The number of hydrogen-bond acceptors (Lipinski definition) is 3. The number of fused-ring (bicyclic) bond motifs is 1. The average molecular weight is 178 g/mol. The summed E-state index contributed by atoms with van der Waals surface area (Å²) in [4.78, 5) is 11.0. The van der Waals surface area contributed by atoms with Gasteiger partial charge in [0.05, 0.1) is 17.2 Å². The van der Waals surface area contributed by atoms with Crippen molar-refractivity contribution < 1.29 is 0 Å². The third kappa shape index (κ3) is 1.96. The molecule has 2 heterocycles. The van der Waals surface area contributed by atoms with Crippen molar-refractivity contribution in [1.82, 2.24) is 15.0 Å².